The number of hydrogen-bond acceptors (Lipinski definition) is 5. The smallest absolute Gasteiger partial charge is 0.324 e. The molecule has 0 saturated carbocycles. The van der Waals surface area contributed by atoms with Crippen LogP contribution < -0.4 is 0 Å². The van der Waals surface area contributed by atoms with E-state index in [1.165, 1.54) is 12.1 Å². The first-order chi connectivity index (χ1) is 13.3. The lowest BCUT2D eigenvalue weighted by Gasteiger charge is -2.22. The fourth-order valence-corrected chi connectivity index (χ4v) is 4.60. The molecule has 0 aromatic heterocycles. The molecule has 6 nitrogen and oxygen atoms in total. The minimum atomic E-state index is -4.01. The van der Waals surface area contributed by atoms with Crippen molar-refractivity contribution >= 4 is 21.8 Å². The van der Waals surface area contributed by atoms with Gasteiger partial charge in [0.2, 0.25) is 10.0 Å². The van der Waals surface area contributed by atoms with Gasteiger partial charge < -0.3 is 4.74 Å². The fraction of sp³-hybridized carbons (Fsp3) is 0.263. The van der Waals surface area contributed by atoms with Crippen LogP contribution in [0, 0.1) is 11.6 Å². The Morgan fingerprint density at radius 2 is 1.57 bits per heavy atom. The summed E-state index contributed by atoms with van der Waals surface area (Å²) in [6, 6.07) is 8.02. The molecule has 0 bridgehead atoms. The first-order valence-electron chi connectivity index (χ1n) is 8.52. The highest BCUT2D eigenvalue weighted by Crippen LogP contribution is 2.27. The molecule has 2 aromatic rings. The van der Waals surface area contributed by atoms with E-state index in [9.17, 15) is 26.8 Å². The number of hydrogen-bond donors (Lipinski definition) is 0. The molecule has 0 amide bonds. The van der Waals surface area contributed by atoms with Gasteiger partial charge in [-0.1, -0.05) is 0 Å². The highest BCUT2D eigenvalue weighted by Gasteiger charge is 2.40. The van der Waals surface area contributed by atoms with Crippen LogP contribution in [0.1, 0.15) is 23.2 Å². The number of benzene rings is 2. The van der Waals surface area contributed by atoms with Crippen LogP contribution in [0.2, 0.25) is 0 Å². The van der Waals surface area contributed by atoms with Crippen molar-refractivity contribution in [2.45, 2.75) is 23.8 Å². The summed E-state index contributed by atoms with van der Waals surface area (Å²) in [5.74, 6) is -2.44. The van der Waals surface area contributed by atoms with Gasteiger partial charge in [-0.05, 0) is 61.4 Å². The van der Waals surface area contributed by atoms with Gasteiger partial charge in [0.15, 0.2) is 12.4 Å². The van der Waals surface area contributed by atoms with Gasteiger partial charge in [-0.25, -0.2) is 17.2 Å². The average Bonchev–Trinajstić information content (AvgIpc) is 3.17. The molecule has 148 valence electrons. The highest BCUT2D eigenvalue weighted by molar-refractivity contribution is 7.89. The Bertz CT molecular complexity index is 974. The number of sulfonamides is 1. The molecule has 28 heavy (non-hydrogen) atoms. The average molecular weight is 409 g/mol. The zero-order valence-electron chi connectivity index (χ0n) is 14.7. The van der Waals surface area contributed by atoms with Crippen LogP contribution in [-0.4, -0.2) is 43.7 Å². The molecule has 1 fully saturated rings. The molecule has 1 aliphatic heterocycles. The van der Waals surface area contributed by atoms with Crippen LogP contribution in [0.25, 0.3) is 0 Å². The minimum Gasteiger partial charge on any atom is -0.456 e. The molecule has 0 N–H and O–H groups in total. The molecule has 0 unspecified atom stereocenters. The molecule has 3 rings (SSSR count). The van der Waals surface area contributed by atoms with Crippen molar-refractivity contribution in [1.82, 2.24) is 4.31 Å². The van der Waals surface area contributed by atoms with Gasteiger partial charge in [-0.3, -0.25) is 9.59 Å². The van der Waals surface area contributed by atoms with Crippen molar-refractivity contribution in [3.63, 3.8) is 0 Å². The summed E-state index contributed by atoms with van der Waals surface area (Å²) >= 11 is 0. The molecule has 2 aromatic carbocycles. The number of ether oxygens (including phenoxy) is 1. The minimum absolute atomic E-state index is 0.116. The van der Waals surface area contributed by atoms with Crippen LogP contribution in [0.4, 0.5) is 8.78 Å². The van der Waals surface area contributed by atoms with Gasteiger partial charge in [0, 0.05) is 12.1 Å². The third kappa shape index (κ3) is 4.26. The van der Waals surface area contributed by atoms with Gasteiger partial charge in [0.1, 0.15) is 17.7 Å². The second-order valence-electron chi connectivity index (χ2n) is 6.27. The number of rotatable bonds is 6. The van der Waals surface area contributed by atoms with Gasteiger partial charge >= 0.3 is 5.97 Å². The van der Waals surface area contributed by atoms with Crippen LogP contribution in [0.3, 0.4) is 0 Å². The summed E-state index contributed by atoms with van der Waals surface area (Å²) in [4.78, 5) is 24.3. The molecule has 1 saturated heterocycles. The highest BCUT2D eigenvalue weighted by atomic mass is 32.2. The Balaban J connectivity index is 1.68. The summed E-state index contributed by atoms with van der Waals surface area (Å²) < 4.78 is 57.5. The van der Waals surface area contributed by atoms with Crippen LogP contribution in [0.15, 0.2) is 53.4 Å². The van der Waals surface area contributed by atoms with Crippen molar-refractivity contribution in [2.24, 2.45) is 0 Å². The molecular weight excluding hydrogens is 392 g/mol. The molecule has 0 spiro atoms. The largest absolute Gasteiger partial charge is 0.456 e. The second-order valence-corrected chi connectivity index (χ2v) is 8.16. The zero-order valence-corrected chi connectivity index (χ0v) is 15.5. The van der Waals surface area contributed by atoms with E-state index in [1.807, 2.05) is 0 Å². The lowest BCUT2D eigenvalue weighted by molar-refractivity contribution is -0.146. The molecular formula is C19H17F2NO5S. The monoisotopic (exact) mass is 409 g/mol. The lowest BCUT2D eigenvalue weighted by Crippen LogP contribution is -2.41. The predicted molar refractivity (Wildman–Crippen MR) is 95.0 cm³/mol. The summed E-state index contributed by atoms with van der Waals surface area (Å²) in [5, 5.41) is 0. The lowest BCUT2D eigenvalue weighted by atomic mass is 10.1. The van der Waals surface area contributed by atoms with E-state index >= 15 is 0 Å². The number of carbonyl (C=O) groups is 2. The number of ketones is 1. The summed E-state index contributed by atoms with van der Waals surface area (Å²) in [6.45, 7) is -0.462. The molecule has 9 heteroatoms. The van der Waals surface area contributed by atoms with E-state index < -0.39 is 46.1 Å². The Morgan fingerprint density at radius 1 is 1.00 bits per heavy atom. The maximum atomic E-state index is 13.1. The van der Waals surface area contributed by atoms with Gasteiger partial charge in [0.25, 0.3) is 0 Å². The maximum absolute atomic E-state index is 13.1. The number of esters is 1. The number of carbonyl (C=O) groups excluding carboxylic acids is 2. The standard InChI is InChI=1S/C19H17F2NO5S/c20-14-5-3-13(4-6-14)18(23)12-27-19(24)17-2-1-11-22(17)28(25,26)16-9-7-15(21)8-10-16/h3-10,17H,1-2,11-12H2/t17-/m0/s1. The van der Waals surface area contributed by atoms with E-state index in [4.69, 9.17) is 4.74 Å². The molecule has 1 heterocycles. The van der Waals surface area contributed by atoms with Gasteiger partial charge in [-0.2, -0.15) is 4.31 Å². The van der Waals surface area contributed by atoms with Gasteiger partial charge in [0.05, 0.1) is 4.90 Å². The Morgan fingerprint density at radius 3 is 2.18 bits per heavy atom. The number of Topliss-reactive ketones (excluding diaryl/α,β-unsaturated/α-hetero) is 1. The third-order valence-corrected chi connectivity index (χ3v) is 6.33. The summed E-state index contributed by atoms with van der Waals surface area (Å²) in [7, 11) is -4.01. The quantitative estimate of drug-likeness (QED) is 0.541. The number of halogens is 2. The molecule has 0 radical (unpaired) electrons. The first kappa shape index (κ1) is 20.1. The zero-order chi connectivity index (χ0) is 20.3. The van der Waals surface area contributed by atoms with E-state index in [0.29, 0.717) is 6.42 Å². The van der Waals surface area contributed by atoms with Crippen molar-refractivity contribution in [3.8, 4) is 0 Å². The second kappa shape index (κ2) is 8.15. The maximum Gasteiger partial charge on any atom is 0.324 e. The number of nitrogens with zero attached hydrogens (tertiary/aromatic N) is 1. The van der Waals surface area contributed by atoms with E-state index in [0.717, 1.165) is 40.7 Å². The fourth-order valence-electron chi connectivity index (χ4n) is 2.96. The van der Waals surface area contributed by atoms with E-state index in [-0.39, 0.29) is 23.4 Å². The van der Waals surface area contributed by atoms with Crippen molar-refractivity contribution in [3.05, 3.63) is 65.7 Å². The van der Waals surface area contributed by atoms with Crippen LogP contribution in [-0.2, 0) is 19.6 Å². The predicted octanol–water partition coefficient (Wildman–Crippen LogP) is 2.54. The normalized spacial score (nSPS) is 17.4. The summed E-state index contributed by atoms with van der Waals surface area (Å²) in [5.41, 5.74) is 0.177. The van der Waals surface area contributed by atoms with Crippen LogP contribution >= 0.6 is 0 Å². The summed E-state index contributed by atoms with van der Waals surface area (Å²) in [6.07, 6.45) is 0.704. The third-order valence-electron chi connectivity index (χ3n) is 4.41. The molecule has 1 aliphatic rings. The SMILES string of the molecule is O=C(COC(=O)[C@@H]1CCCN1S(=O)(=O)c1ccc(F)cc1)c1ccc(F)cc1. The van der Waals surface area contributed by atoms with Crippen LogP contribution in [0.5, 0.6) is 0 Å². The van der Waals surface area contributed by atoms with Crippen molar-refractivity contribution in [2.75, 3.05) is 13.2 Å². The van der Waals surface area contributed by atoms with Crippen molar-refractivity contribution < 1.29 is 31.5 Å². The first-order valence-corrected chi connectivity index (χ1v) is 9.96. The van der Waals surface area contributed by atoms with E-state index in [2.05, 4.69) is 0 Å². The van der Waals surface area contributed by atoms with E-state index in [1.54, 1.807) is 0 Å². The Hall–Kier alpha value is -2.65. The molecule has 0 aliphatic carbocycles. The molecule has 1 atom stereocenters. The Kier molecular flexibility index (Phi) is 5.85. The van der Waals surface area contributed by atoms with Crippen molar-refractivity contribution in [1.29, 1.82) is 0 Å². The Labute approximate surface area is 160 Å². The van der Waals surface area contributed by atoms with Gasteiger partial charge in [-0.15, -0.1) is 0 Å². The topological polar surface area (TPSA) is 80.8 Å².